The number of carboxylic acid groups (broad SMARTS) is 1. The summed E-state index contributed by atoms with van der Waals surface area (Å²) >= 11 is 0. The molecule has 1 rings (SSSR count). The Bertz CT molecular complexity index is 365. The molecule has 5 heteroatoms. The van der Waals surface area contributed by atoms with Crippen molar-refractivity contribution in [2.24, 2.45) is 5.73 Å². The minimum Gasteiger partial charge on any atom is -0.480 e. The van der Waals surface area contributed by atoms with Gasteiger partial charge in [0.05, 0.1) is 0 Å². The van der Waals surface area contributed by atoms with Gasteiger partial charge in [0.1, 0.15) is 6.04 Å². The van der Waals surface area contributed by atoms with Gasteiger partial charge in [-0.3, -0.25) is 9.78 Å². The number of hydrogen-bond donors (Lipinski definition) is 3. The van der Waals surface area contributed by atoms with Crippen molar-refractivity contribution in [3.05, 3.63) is 30.1 Å². The summed E-state index contributed by atoms with van der Waals surface area (Å²) in [4.78, 5) is 14.6. The molecule has 0 bridgehead atoms. The molecule has 5 nitrogen and oxygen atoms in total. The van der Waals surface area contributed by atoms with E-state index in [2.05, 4.69) is 24.1 Å². The predicted molar refractivity (Wildman–Crippen MR) is 65.7 cm³/mol. The monoisotopic (exact) mass is 237 g/mol. The average molecular weight is 237 g/mol. The van der Waals surface area contributed by atoms with E-state index in [1.54, 1.807) is 6.20 Å². The summed E-state index contributed by atoms with van der Waals surface area (Å²) in [5.41, 5.74) is 6.41. The summed E-state index contributed by atoms with van der Waals surface area (Å²) in [6.07, 6.45) is 3.55. The topological polar surface area (TPSA) is 88.2 Å². The molecule has 17 heavy (non-hydrogen) atoms. The molecule has 0 saturated carbocycles. The van der Waals surface area contributed by atoms with Crippen molar-refractivity contribution < 1.29 is 9.90 Å². The van der Waals surface area contributed by atoms with Crippen LogP contribution in [-0.2, 0) is 10.2 Å². The summed E-state index contributed by atoms with van der Waals surface area (Å²) < 4.78 is 0. The van der Waals surface area contributed by atoms with Gasteiger partial charge in [-0.15, -0.1) is 0 Å². The molecular formula is C12H19N3O2. The second-order valence-corrected chi connectivity index (χ2v) is 4.70. The summed E-state index contributed by atoms with van der Waals surface area (Å²) in [5.74, 6) is -0.989. The van der Waals surface area contributed by atoms with E-state index in [9.17, 15) is 4.79 Å². The fourth-order valence-corrected chi connectivity index (χ4v) is 1.49. The van der Waals surface area contributed by atoms with Crippen LogP contribution in [0.1, 0.15) is 19.4 Å². The molecule has 0 aromatic carbocycles. The van der Waals surface area contributed by atoms with Gasteiger partial charge >= 0.3 is 5.97 Å². The number of pyridine rings is 1. The van der Waals surface area contributed by atoms with Crippen LogP contribution in [0.3, 0.4) is 0 Å². The molecule has 0 aliphatic rings. The van der Waals surface area contributed by atoms with Crippen molar-refractivity contribution in [1.29, 1.82) is 0 Å². The molecule has 0 aliphatic carbocycles. The molecule has 1 heterocycles. The molecule has 1 aromatic rings. The molecule has 4 N–H and O–H groups in total. The highest BCUT2D eigenvalue weighted by Gasteiger charge is 2.21. The van der Waals surface area contributed by atoms with Gasteiger partial charge in [-0.1, -0.05) is 19.9 Å². The van der Waals surface area contributed by atoms with E-state index in [1.807, 2.05) is 18.3 Å². The summed E-state index contributed by atoms with van der Waals surface area (Å²) in [6.45, 7) is 5.06. The lowest BCUT2D eigenvalue weighted by atomic mass is 9.85. The molecule has 0 saturated heterocycles. The average Bonchev–Trinajstić information content (AvgIpc) is 2.29. The Morgan fingerprint density at radius 1 is 1.65 bits per heavy atom. The van der Waals surface area contributed by atoms with Gasteiger partial charge in [-0.25, -0.2) is 0 Å². The van der Waals surface area contributed by atoms with Gasteiger partial charge in [0.25, 0.3) is 0 Å². The first-order valence-electron chi connectivity index (χ1n) is 5.53. The minimum absolute atomic E-state index is 0.105. The third-order valence-corrected chi connectivity index (χ3v) is 2.69. The Morgan fingerprint density at radius 2 is 2.35 bits per heavy atom. The number of carboxylic acids is 1. The third-order valence-electron chi connectivity index (χ3n) is 2.69. The quantitative estimate of drug-likeness (QED) is 0.665. The van der Waals surface area contributed by atoms with Crippen LogP contribution < -0.4 is 11.1 Å². The summed E-state index contributed by atoms with van der Waals surface area (Å²) in [6, 6.07) is 3.03. The highest BCUT2D eigenvalue weighted by atomic mass is 16.4. The first-order chi connectivity index (χ1) is 7.93. The molecule has 0 radical (unpaired) electrons. The van der Waals surface area contributed by atoms with Crippen molar-refractivity contribution >= 4 is 5.97 Å². The number of aromatic nitrogens is 1. The van der Waals surface area contributed by atoms with E-state index in [1.165, 1.54) is 0 Å². The standard InChI is InChI=1S/C12H19N3O2/c1-12(2,9-4-3-5-14-6-9)8-15-7-10(13)11(16)17/h3-6,10,15H,7-8,13H2,1-2H3,(H,16,17). The molecular weight excluding hydrogens is 218 g/mol. The molecule has 0 spiro atoms. The van der Waals surface area contributed by atoms with Gasteiger partial charge in [0, 0.05) is 30.9 Å². The second-order valence-electron chi connectivity index (χ2n) is 4.70. The van der Waals surface area contributed by atoms with Crippen molar-refractivity contribution in [1.82, 2.24) is 10.3 Å². The number of nitrogens with zero attached hydrogens (tertiary/aromatic N) is 1. The number of aliphatic carboxylic acids is 1. The Kier molecular flexibility index (Phi) is 4.60. The van der Waals surface area contributed by atoms with Gasteiger partial charge in [0.15, 0.2) is 0 Å². The number of rotatable bonds is 6. The number of nitrogens with one attached hydrogen (secondary N) is 1. The maximum Gasteiger partial charge on any atom is 0.321 e. The van der Waals surface area contributed by atoms with Crippen LogP contribution in [0.2, 0.25) is 0 Å². The zero-order valence-electron chi connectivity index (χ0n) is 10.2. The van der Waals surface area contributed by atoms with Gasteiger partial charge in [0.2, 0.25) is 0 Å². The SMILES string of the molecule is CC(C)(CNCC(N)C(=O)O)c1cccnc1. The Hall–Kier alpha value is -1.46. The first-order valence-corrected chi connectivity index (χ1v) is 5.53. The zero-order chi connectivity index (χ0) is 12.9. The zero-order valence-corrected chi connectivity index (χ0v) is 10.2. The predicted octanol–water partition coefficient (Wildman–Crippen LogP) is 0.361. The Labute approximate surface area is 101 Å². The van der Waals surface area contributed by atoms with E-state index in [-0.39, 0.29) is 12.0 Å². The minimum atomic E-state index is -0.989. The maximum absolute atomic E-state index is 10.5. The summed E-state index contributed by atoms with van der Waals surface area (Å²) in [7, 11) is 0. The highest BCUT2D eigenvalue weighted by Crippen LogP contribution is 2.20. The Morgan fingerprint density at radius 3 is 2.88 bits per heavy atom. The van der Waals surface area contributed by atoms with Gasteiger partial charge in [-0.2, -0.15) is 0 Å². The molecule has 0 aliphatic heterocycles. The van der Waals surface area contributed by atoms with Crippen LogP contribution in [0.4, 0.5) is 0 Å². The maximum atomic E-state index is 10.5. The van der Waals surface area contributed by atoms with E-state index in [4.69, 9.17) is 10.8 Å². The third kappa shape index (κ3) is 4.13. The molecule has 1 aromatic heterocycles. The first kappa shape index (κ1) is 13.6. The van der Waals surface area contributed by atoms with E-state index in [0.29, 0.717) is 6.54 Å². The highest BCUT2D eigenvalue weighted by molar-refractivity contribution is 5.73. The van der Waals surface area contributed by atoms with Gasteiger partial charge in [-0.05, 0) is 11.6 Å². The van der Waals surface area contributed by atoms with Crippen molar-refractivity contribution in [2.45, 2.75) is 25.3 Å². The molecule has 0 fully saturated rings. The molecule has 0 amide bonds. The summed E-state index contributed by atoms with van der Waals surface area (Å²) in [5, 5.41) is 11.7. The largest absolute Gasteiger partial charge is 0.480 e. The van der Waals surface area contributed by atoms with E-state index in [0.717, 1.165) is 5.56 Å². The van der Waals surface area contributed by atoms with Crippen LogP contribution in [0.15, 0.2) is 24.5 Å². The lowest BCUT2D eigenvalue weighted by molar-refractivity contribution is -0.138. The van der Waals surface area contributed by atoms with Gasteiger partial charge < -0.3 is 16.2 Å². The fourth-order valence-electron chi connectivity index (χ4n) is 1.49. The van der Waals surface area contributed by atoms with Crippen LogP contribution in [0.25, 0.3) is 0 Å². The fraction of sp³-hybridized carbons (Fsp3) is 0.500. The molecule has 94 valence electrons. The van der Waals surface area contributed by atoms with Crippen LogP contribution in [0.5, 0.6) is 0 Å². The Balaban J connectivity index is 2.48. The van der Waals surface area contributed by atoms with Crippen LogP contribution in [-0.4, -0.2) is 35.2 Å². The van der Waals surface area contributed by atoms with Crippen LogP contribution >= 0.6 is 0 Å². The lowest BCUT2D eigenvalue weighted by Crippen LogP contribution is -2.44. The smallest absolute Gasteiger partial charge is 0.321 e. The van der Waals surface area contributed by atoms with Crippen molar-refractivity contribution in [2.75, 3.05) is 13.1 Å². The van der Waals surface area contributed by atoms with Crippen molar-refractivity contribution in [3.8, 4) is 0 Å². The molecule has 1 atom stereocenters. The second kappa shape index (κ2) is 5.75. The van der Waals surface area contributed by atoms with E-state index < -0.39 is 12.0 Å². The van der Waals surface area contributed by atoms with E-state index >= 15 is 0 Å². The number of hydrogen-bond acceptors (Lipinski definition) is 4. The molecule has 1 unspecified atom stereocenters. The number of carbonyl (C=O) groups is 1. The number of nitrogens with two attached hydrogens (primary N) is 1. The van der Waals surface area contributed by atoms with Crippen LogP contribution in [0, 0.1) is 0 Å². The lowest BCUT2D eigenvalue weighted by Gasteiger charge is -2.25. The van der Waals surface area contributed by atoms with Crippen molar-refractivity contribution in [3.63, 3.8) is 0 Å². The normalized spacial score (nSPS) is 13.4.